The number of hydrogen-bond donors (Lipinski definition) is 0. The summed E-state index contributed by atoms with van der Waals surface area (Å²) in [4.78, 5) is 4.09. The Bertz CT molecular complexity index is 405. The molecule has 0 spiro atoms. The van der Waals surface area contributed by atoms with Crippen molar-refractivity contribution in [2.45, 2.75) is 0 Å². The van der Waals surface area contributed by atoms with E-state index < -0.39 is 0 Å². The lowest BCUT2D eigenvalue weighted by molar-refractivity contribution is 0.281. The topological polar surface area (TPSA) is 24.9 Å². The maximum absolute atomic E-state index is 5.17. The zero-order chi connectivity index (χ0) is 10.8. The Hall–Kier alpha value is -2.10. The lowest BCUT2D eigenvalue weighted by Crippen LogP contribution is -2.16. The van der Waals surface area contributed by atoms with Gasteiger partial charge < -0.3 is 19.3 Å². The van der Waals surface area contributed by atoms with Gasteiger partial charge in [0.05, 0.1) is 0 Å². The first-order chi connectivity index (χ1) is 7.93. The average Bonchev–Trinajstić information content (AvgIpc) is 3.03. The predicted octanol–water partition coefficient (Wildman–Crippen LogP) is 2.22. The summed E-state index contributed by atoms with van der Waals surface area (Å²) in [6, 6.07) is 8.26. The van der Waals surface area contributed by atoms with E-state index in [0.717, 1.165) is 11.4 Å². The van der Waals surface area contributed by atoms with Crippen LogP contribution in [0, 0.1) is 0 Å². The SMILES string of the molecule is C1=CN(c2cccc(N3C=COC3)c2)CO1. The maximum Gasteiger partial charge on any atom is 0.164 e. The third kappa shape index (κ3) is 1.58. The fraction of sp³-hybridized carbons (Fsp3) is 0.167. The van der Waals surface area contributed by atoms with E-state index in [0.29, 0.717) is 13.5 Å². The minimum atomic E-state index is 0.579. The summed E-state index contributed by atoms with van der Waals surface area (Å²) in [5.74, 6) is 0. The molecule has 0 bridgehead atoms. The molecule has 4 nitrogen and oxygen atoms in total. The molecule has 0 radical (unpaired) electrons. The van der Waals surface area contributed by atoms with E-state index in [2.05, 4.69) is 18.2 Å². The van der Waals surface area contributed by atoms with Crippen molar-refractivity contribution in [1.29, 1.82) is 0 Å². The monoisotopic (exact) mass is 216 g/mol. The van der Waals surface area contributed by atoms with Crippen LogP contribution < -0.4 is 9.80 Å². The molecular weight excluding hydrogens is 204 g/mol. The van der Waals surface area contributed by atoms with Crippen LogP contribution in [0.4, 0.5) is 11.4 Å². The fourth-order valence-corrected chi connectivity index (χ4v) is 1.74. The molecule has 4 heteroatoms. The van der Waals surface area contributed by atoms with Crippen LogP contribution in [0.5, 0.6) is 0 Å². The first-order valence-electron chi connectivity index (χ1n) is 5.13. The highest BCUT2D eigenvalue weighted by molar-refractivity contribution is 5.61. The van der Waals surface area contributed by atoms with E-state index in [1.807, 2.05) is 28.3 Å². The molecule has 0 unspecified atom stereocenters. The Morgan fingerprint density at radius 2 is 1.44 bits per heavy atom. The first-order valence-corrected chi connectivity index (χ1v) is 5.13. The normalized spacial score (nSPS) is 17.8. The van der Waals surface area contributed by atoms with E-state index >= 15 is 0 Å². The fourth-order valence-electron chi connectivity index (χ4n) is 1.74. The van der Waals surface area contributed by atoms with Crippen LogP contribution in [-0.4, -0.2) is 13.5 Å². The van der Waals surface area contributed by atoms with Gasteiger partial charge in [0.25, 0.3) is 0 Å². The van der Waals surface area contributed by atoms with Crippen molar-refractivity contribution in [2.24, 2.45) is 0 Å². The second-order valence-corrected chi connectivity index (χ2v) is 3.62. The van der Waals surface area contributed by atoms with Crippen LogP contribution in [0.1, 0.15) is 0 Å². The van der Waals surface area contributed by atoms with Gasteiger partial charge in [-0.25, -0.2) is 0 Å². The third-order valence-electron chi connectivity index (χ3n) is 2.59. The second kappa shape index (κ2) is 3.81. The molecule has 1 aromatic rings. The van der Waals surface area contributed by atoms with Crippen LogP contribution in [0.3, 0.4) is 0 Å². The molecule has 2 heterocycles. The van der Waals surface area contributed by atoms with Gasteiger partial charge in [0.15, 0.2) is 13.5 Å². The summed E-state index contributed by atoms with van der Waals surface area (Å²) >= 11 is 0. The van der Waals surface area contributed by atoms with Crippen molar-refractivity contribution in [3.8, 4) is 0 Å². The number of nitrogens with zero attached hydrogens (tertiary/aromatic N) is 2. The Balaban J connectivity index is 1.87. The second-order valence-electron chi connectivity index (χ2n) is 3.62. The van der Waals surface area contributed by atoms with Crippen LogP contribution >= 0.6 is 0 Å². The molecule has 3 rings (SSSR count). The van der Waals surface area contributed by atoms with E-state index in [4.69, 9.17) is 9.47 Å². The van der Waals surface area contributed by atoms with Gasteiger partial charge in [-0.2, -0.15) is 0 Å². The molecule has 0 fully saturated rings. The molecule has 0 aliphatic carbocycles. The number of anilines is 2. The Kier molecular flexibility index (Phi) is 2.18. The van der Waals surface area contributed by atoms with E-state index in [9.17, 15) is 0 Å². The van der Waals surface area contributed by atoms with Crippen molar-refractivity contribution in [3.05, 3.63) is 49.2 Å². The van der Waals surface area contributed by atoms with Gasteiger partial charge in [0.2, 0.25) is 0 Å². The molecule has 1 aromatic carbocycles. The molecule has 0 saturated carbocycles. The molecule has 0 aromatic heterocycles. The van der Waals surface area contributed by atoms with Crippen molar-refractivity contribution >= 4 is 11.4 Å². The van der Waals surface area contributed by atoms with Gasteiger partial charge in [-0.3, -0.25) is 0 Å². The molecule has 16 heavy (non-hydrogen) atoms. The Morgan fingerprint density at radius 1 is 0.875 bits per heavy atom. The molecule has 0 saturated heterocycles. The maximum atomic E-state index is 5.17. The molecular formula is C12H12N2O2. The Labute approximate surface area is 94.0 Å². The molecule has 0 N–H and O–H groups in total. The molecule has 0 amide bonds. The van der Waals surface area contributed by atoms with E-state index in [-0.39, 0.29) is 0 Å². The average molecular weight is 216 g/mol. The Morgan fingerprint density at radius 3 is 1.88 bits per heavy atom. The highest BCUT2D eigenvalue weighted by Crippen LogP contribution is 2.25. The smallest absolute Gasteiger partial charge is 0.164 e. The summed E-state index contributed by atoms with van der Waals surface area (Å²) in [7, 11) is 0. The van der Waals surface area contributed by atoms with Crippen LogP contribution in [-0.2, 0) is 9.47 Å². The van der Waals surface area contributed by atoms with Crippen LogP contribution in [0.25, 0.3) is 0 Å². The zero-order valence-electron chi connectivity index (χ0n) is 8.74. The first kappa shape index (κ1) is 9.15. The summed E-state index contributed by atoms with van der Waals surface area (Å²) in [5, 5.41) is 0. The van der Waals surface area contributed by atoms with E-state index in [1.54, 1.807) is 12.5 Å². The van der Waals surface area contributed by atoms with Gasteiger partial charge in [0, 0.05) is 23.8 Å². The predicted molar refractivity (Wildman–Crippen MR) is 61.6 cm³/mol. The number of hydrogen-bond acceptors (Lipinski definition) is 4. The number of benzene rings is 1. The largest absolute Gasteiger partial charge is 0.479 e. The summed E-state index contributed by atoms with van der Waals surface area (Å²) in [6.45, 7) is 1.16. The lowest BCUT2D eigenvalue weighted by Gasteiger charge is -2.18. The van der Waals surface area contributed by atoms with Gasteiger partial charge in [-0.15, -0.1) is 0 Å². The third-order valence-corrected chi connectivity index (χ3v) is 2.59. The number of rotatable bonds is 2. The summed E-state index contributed by atoms with van der Waals surface area (Å²) in [5.41, 5.74) is 2.23. The van der Waals surface area contributed by atoms with E-state index in [1.165, 1.54) is 0 Å². The van der Waals surface area contributed by atoms with Crippen LogP contribution in [0.2, 0.25) is 0 Å². The molecule has 2 aliphatic rings. The zero-order valence-corrected chi connectivity index (χ0v) is 8.74. The van der Waals surface area contributed by atoms with Crippen molar-refractivity contribution in [2.75, 3.05) is 23.3 Å². The van der Waals surface area contributed by atoms with Gasteiger partial charge in [0.1, 0.15) is 12.5 Å². The lowest BCUT2D eigenvalue weighted by atomic mass is 10.2. The molecule has 2 aliphatic heterocycles. The summed E-state index contributed by atoms with van der Waals surface area (Å²) in [6.07, 6.45) is 7.25. The highest BCUT2D eigenvalue weighted by atomic mass is 16.5. The van der Waals surface area contributed by atoms with Crippen LogP contribution in [0.15, 0.2) is 49.2 Å². The van der Waals surface area contributed by atoms with Crippen molar-refractivity contribution < 1.29 is 9.47 Å². The number of ether oxygens (including phenoxy) is 2. The standard InChI is InChI=1S/C12H12N2O2/c1-2-11(13-4-6-15-9-13)8-12(3-1)14-5-7-16-10-14/h1-8H,9-10H2. The summed E-state index contributed by atoms with van der Waals surface area (Å²) < 4.78 is 10.3. The van der Waals surface area contributed by atoms with Gasteiger partial charge >= 0.3 is 0 Å². The molecule has 0 atom stereocenters. The van der Waals surface area contributed by atoms with Gasteiger partial charge in [-0.1, -0.05) is 6.07 Å². The highest BCUT2D eigenvalue weighted by Gasteiger charge is 2.11. The van der Waals surface area contributed by atoms with Gasteiger partial charge in [-0.05, 0) is 18.2 Å². The minimum absolute atomic E-state index is 0.579. The molecule has 82 valence electrons. The quantitative estimate of drug-likeness (QED) is 0.756. The van der Waals surface area contributed by atoms with Crippen molar-refractivity contribution in [3.63, 3.8) is 0 Å². The van der Waals surface area contributed by atoms with Crippen molar-refractivity contribution in [1.82, 2.24) is 0 Å². The minimum Gasteiger partial charge on any atom is -0.479 e.